The van der Waals surface area contributed by atoms with Crippen molar-refractivity contribution >= 4 is 11.9 Å². The zero-order chi connectivity index (χ0) is 14.6. The zero-order valence-corrected chi connectivity index (χ0v) is 12.0. The van der Waals surface area contributed by atoms with Crippen molar-refractivity contribution in [3.63, 3.8) is 0 Å². The van der Waals surface area contributed by atoms with Crippen molar-refractivity contribution in [1.29, 1.82) is 0 Å². The highest BCUT2D eigenvalue weighted by atomic mass is 16.6. The maximum atomic E-state index is 11.4. The van der Waals surface area contributed by atoms with Crippen LogP contribution in [0, 0.1) is 0 Å². The van der Waals surface area contributed by atoms with Crippen LogP contribution in [0.5, 0.6) is 0 Å². The zero-order valence-electron chi connectivity index (χ0n) is 12.0. The molecule has 20 heavy (non-hydrogen) atoms. The lowest BCUT2D eigenvalue weighted by Crippen LogP contribution is -2.14. The van der Waals surface area contributed by atoms with E-state index in [4.69, 9.17) is 9.47 Å². The molecule has 0 amide bonds. The minimum absolute atomic E-state index is 0.184. The van der Waals surface area contributed by atoms with Gasteiger partial charge in [-0.15, -0.1) is 0 Å². The van der Waals surface area contributed by atoms with Gasteiger partial charge in [-0.25, -0.2) is 0 Å². The number of ether oxygens (including phenoxy) is 2. The van der Waals surface area contributed by atoms with Gasteiger partial charge in [0.25, 0.3) is 0 Å². The Hall–Kier alpha value is -1.84. The molecule has 0 aliphatic heterocycles. The van der Waals surface area contributed by atoms with E-state index < -0.39 is 11.9 Å². The maximum absolute atomic E-state index is 11.4. The smallest absolute Gasteiger partial charge is 0.317 e. The number of hydrogen-bond donors (Lipinski definition) is 0. The first kappa shape index (κ1) is 16.2. The van der Waals surface area contributed by atoms with E-state index in [9.17, 15) is 9.59 Å². The van der Waals surface area contributed by atoms with Crippen LogP contribution in [0.3, 0.4) is 0 Å². The Morgan fingerprint density at radius 2 is 1.65 bits per heavy atom. The fourth-order valence-corrected chi connectivity index (χ4v) is 1.67. The molecule has 0 unspecified atom stereocenters. The van der Waals surface area contributed by atoms with E-state index in [-0.39, 0.29) is 13.0 Å². The maximum Gasteiger partial charge on any atom is 0.317 e. The van der Waals surface area contributed by atoms with Gasteiger partial charge in [0.15, 0.2) is 0 Å². The summed E-state index contributed by atoms with van der Waals surface area (Å²) in [5.41, 5.74) is 0.897. The summed E-state index contributed by atoms with van der Waals surface area (Å²) in [7, 11) is 0. The Balaban J connectivity index is 2.10. The summed E-state index contributed by atoms with van der Waals surface area (Å²) < 4.78 is 9.98. The standard InChI is InChI=1S/C16H22O4/c1-2-3-4-8-11-19-15(17)12-16(18)20-13-14-9-6-5-7-10-14/h5-7,9-10H,2-4,8,11-13H2,1H3. The van der Waals surface area contributed by atoms with Crippen LogP contribution >= 0.6 is 0 Å². The predicted octanol–water partition coefficient (Wildman–Crippen LogP) is 3.24. The number of esters is 2. The predicted molar refractivity (Wildman–Crippen MR) is 76.0 cm³/mol. The number of benzene rings is 1. The topological polar surface area (TPSA) is 52.6 Å². The van der Waals surface area contributed by atoms with Gasteiger partial charge in [0, 0.05) is 0 Å². The molecular formula is C16H22O4. The molecule has 4 heteroatoms. The van der Waals surface area contributed by atoms with Crippen molar-refractivity contribution in [1.82, 2.24) is 0 Å². The molecule has 0 saturated heterocycles. The first-order chi connectivity index (χ1) is 9.72. The molecule has 1 rings (SSSR count). The summed E-state index contributed by atoms with van der Waals surface area (Å²) in [4.78, 5) is 22.8. The molecular weight excluding hydrogens is 256 g/mol. The Bertz CT molecular complexity index is 400. The normalized spacial score (nSPS) is 10.1. The highest BCUT2D eigenvalue weighted by molar-refractivity contribution is 5.91. The van der Waals surface area contributed by atoms with Gasteiger partial charge in [-0.05, 0) is 12.0 Å². The van der Waals surface area contributed by atoms with E-state index in [1.807, 2.05) is 30.3 Å². The summed E-state index contributed by atoms with van der Waals surface area (Å²) >= 11 is 0. The van der Waals surface area contributed by atoms with Crippen molar-refractivity contribution in [2.24, 2.45) is 0 Å². The number of hydrogen-bond acceptors (Lipinski definition) is 4. The molecule has 1 aromatic carbocycles. The van der Waals surface area contributed by atoms with Crippen molar-refractivity contribution in [3.8, 4) is 0 Å². The molecule has 0 spiro atoms. The summed E-state index contributed by atoms with van der Waals surface area (Å²) in [5.74, 6) is -1.06. The summed E-state index contributed by atoms with van der Waals surface area (Å²) in [6.45, 7) is 2.68. The van der Waals surface area contributed by atoms with Crippen LogP contribution in [0.1, 0.15) is 44.6 Å². The number of carbonyl (C=O) groups is 2. The van der Waals surface area contributed by atoms with Gasteiger partial charge < -0.3 is 9.47 Å². The quantitative estimate of drug-likeness (QED) is 0.395. The molecule has 0 fully saturated rings. The average Bonchev–Trinajstić information content (AvgIpc) is 2.46. The van der Waals surface area contributed by atoms with Crippen LogP contribution in [0.25, 0.3) is 0 Å². The third-order valence-electron chi connectivity index (χ3n) is 2.79. The first-order valence-electron chi connectivity index (χ1n) is 7.07. The second-order valence-corrected chi connectivity index (χ2v) is 4.60. The molecule has 0 aromatic heterocycles. The molecule has 0 heterocycles. The second-order valence-electron chi connectivity index (χ2n) is 4.60. The molecule has 1 aromatic rings. The van der Waals surface area contributed by atoms with Gasteiger partial charge in [-0.2, -0.15) is 0 Å². The number of carbonyl (C=O) groups excluding carboxylic acids is 2. The van der Waals surface area contributed by atoms with Gasteiger partial charge in [0.2, 0.25) is 0 Å². The summed E-state index contributed by atoms with van der Waals surface area (Å²) in [6.07, 6.45) is 3.85. The minimum Gasteiger partial charge on any atom is -0.465 e. The molecule has 0 atom stereocenters. The molecule has 0 saturated carbocycles. The van der Waals surface area contributed by atoms with Gasteiger partial charge in [-0.1, -0.05) is 56.5 Å². The van der Waals surface area contributed by atoms with Crippen molar-refractivity contribution in [3.05, 3.63) is 35.9 Å². The lowest BCUT2D eigenvalue weighted by molar-refractivity contribution is -0.155. The van der Waals surface area contributed by atoms with E-state index in [1.54, 1.807) is 0 Å². The minimum atomic E-state index is -0.549. The largest absolute Gasteiger partial charge is 0.465 e. The van der Waals surface area contributed by atoms with Gasteiger partial charge in [-0.3, -0.25) is 9.59 Å². The molecule has 0 N–H and O–H groups in total. The molecule has 0 bridgehead atoms. The summed E-state index contributed by atoms with van der Waals surface area (Å²) in [5, 5.41) is 0. The van der Waals surface area contributed by atoms with Crippen LogP contribution in [0.2, 0.25) is 0 Å². The van der Waals surface area contributed by atoms with Crippen molar-refractivity contribution < 1.29 is 19.1 Å². The van der Waals surface area contributed by atoms with Gasteiger partial charge >= 0.3 is 11.9 Å². The molecule has 110 valence electrons. The van der Waals surface area contributed by atoms with Crippen LogP contribution in [-0.2, 0) is 25.7 Å². The molecule has 0 radical (unpaired) electrons. The molecule has 0 aliphatic rings. The Labute approximate surface area is 120 Å². The SMILES string of the molecule is CCCCCCOC(=O)CC(=O)OCc1ccccc1. The lowest BCUT2D eigenvalue weighted by atomic mass is 10.2. The van der Waals surface area contributed by atoms with Crippen molar-refractivity contribution in [2.75, 3.05) is 6.61 Å². The first-order valence-corrected chi connectivity index (χ1v) is 7.07. The van der Waals surface area contributed by atoms with E-state index in [0.717, 1.165) is 31.2 Å². The van der Waals surface area contributed by atoms with E-state index in [0.29, 0.717) is 6.61 Å². The highest BCUT2D eigenvalue weighted by Crippen LogP contribution is 2.03. The van der Waals surface area contributed by atoms with E-state index in [1.165, 1.54) is 0 Å². The van der Waals surface area contributed by atoms with Crippen LogP contribution in [-0.4, -0.2) is 18.5 Å². The number of rotatable bonds is 9. The van der Waals surface area contributed by atoms with Crippen LogP contribution in [0.15, 0.2) is 30.3 Å². The lowest BCUT2D eigenvalue weighted by Gasteiger charge is -2.06. The fourth-order valence-electron chi connectivity index (χ4n) is 1.67. The number of unbranched alkanes of at least 4 members (excludes halogenated alkanes) is 3. The monoisotopic (exact) mass is 278 g/mol. The van der Waals surface area contributed by atoms with Gasteiger partial charge in [0.05, 0.1) is 6.61 Å². The Morgan fingerprint density at radius 1 is 0.950 bits per heavy atom. The highest BCUT2D eigenvalue weighted by Gasteiger charge is 2.11. The second kappa shape index (κ2) is 10.0. The third kappa shape index (κ3) is 7.56. The third-order valence-corrected chi connectivity index (χ3v) is 2.79. The van der Waals surface area contributed by atoms with E-state index in [2.05, 4.69) is 6.92 Å². The average molecular weight is 278 g/mol. The van der Waals surface area contributed by atoms with Crippen LogP contribution in [0.4, 0.5) is 0 Å². The summed E-state index contributed by atoms with van der Waals surface area (Å²) in [6, 6.07) is 9.35. The van der Waals surface area contributed by atoms with E-state index >= 15 is 0 Å². The van der Waals surface area contributed by atoms with Crippen molar-refractivity contribution in [2.45, 2.75) is 45.6 Å². The molecule has 4 nitrogen and oxygen atoms in total. The Kier molecular flexibility index (Phi) is 8.11. The Morgan fingerprint density at radius 3 is 2.35 bits per heavy atom. The van der Waals surface area contributed by atoms with Crippen LogP contribution < -0.4 is 0 Å². The molecule has 0 aliphatic carbocycles. The fraction of sp³-hybridized carbons (Fsp3) is 0.500. The van der Waals surface area contributed by atoms with Gasteiger partial charge in [0.1, 0.15) is 13.0 Å².